The number of thiazole rings is 1. The predicted octanol–water partition coefficient (Wildman–Crippen LogP) is 4.76. The summed E-state index contributed by atoms with van der Waals surface area (Å²) >= 11 is 1.18. The molecular formula is C25H25F3N2O7S2. The van der Waals surface area contributed by atoms with Crippen molar-refractivity contribution in [1.82, 2.24) is 10.5 Å². The van der Waals surface area contributed by atoms with Gasteiger partial charge in [0, 0.05) is 31.8 Å². The van der Waals surface area contributed by atoms with Crippen molar-refractivity contribution in [2.45, 2.75) is 54.4 Å². The molecular weight excluding hydrogens is 561 g/mol. The number of halogens is 3. The van der Waals surface area contributed by atoms with Crippen LogP contribution in [0.5, 0.6) is 5.75 Å². The number of aromatic nitrogens is 1. The fraction of sp³-hybridized carbons (Fsp3) is 0.440. The summed E-state index contributed by atoms with van der Waals surface area (Å²) in [6.45, 7) is 0.682. The molecule has 210 valence electrons. The van der Waals surface area contributed by atoms with Crippen LogP contribution in [0.2, 0.25) is 0 Å². The summed E-state index contributed by atoms with van der Waals surface area (Å²) < 4.78 is 78.7. The fourth-order valence-corrected chi connectivity index (χ4v) is 7.60. The van der Waals surface area contributed by atoms with Crippen molar-refractivity contribution >= 4 is 37.3 Å². The zero-order valence-electron chi connectivity index (χ0n) is 20.5. The molecule has 1 unspecified atom stereocenters. The molecule has 1 N–H and O–H groups in total. The average Bonchev–Trinajstić information content (AvgIpc) is 3.36. The van der Waals surface area contributed by atoms with E-state index < -0.39 is 33.1 Å². The lowest BCUT2D eigenvalue weighted by molar-refractivity contribution is -0.274. The van der Waals surface area contributed by atoms with Gasteiger partial charge in [0.25, 0.3) is 5.91 Å². The van der Waals surface area contributed by atoms with Crippen molar-refractivity contribution in [1.29, 1.82) is 0 Å². The Hall–Kier alpha value is -2.78. The highest BCUT2D eigenvalue weighted by Gasteiger charge is 2.52. The number of benzene rings is 2. The van der Waals surface area contributed by atoms with Crippen molar-refractivity contribution in [3.05, 3.63) is 42.5 Å². The minimum Gasteiger partial charge on any atom is -0.406 e. The third kappa shape index (κ3) is 5.89. The molecule has 2 fully saturated rings. The van der Waals surface area contributed by atoms with Crippen LogP contribution in [0.1, 0.15) is 32.1 Å². The van der Waals surface area contributed by atoms with Gasteiger partial charge < -0.3 is 14.2 Å². The molecule has 0 saturated carbocycles. The maximum atomic E-state index is 13.9. The number of sulfone groups is 1. The third-order valence-electron chi connectivity index (χ3n) is 6.65. The lowest BCUT2D eigenvalue weighted by Crippen LogP contribution is -2.56. The largest absolute Gasteiger partial charge is 0.573 e. The number of alkyl halides is 3. The number of hydrogen-bond donors (Lipinski definition) is 1. The summed E-state index contributed by atoms with van der Waals surface area (Å²) in [6, 6.07) is 9.64. The summed E-state index contributed by atoms with van der Waals surface area (Å²) in [6.07, 6.45) is -3.17. The fourth-order valence-electron chi connectivity index (χ4n) is 4.56. The van der Waals surface area contributed by atoms with Gasteiger partial charge in [-0.1, -0.05) is 0 Å². The number of amides is 1. The Labute approximate surface area is 226 Å². The average molecular weight is 587 g/mol. The normalized spacial score (nSPS) is 20.0. The van der Waals surface area contributed by atoms with Crippen LogP contribution in [0, 0.1) is 0 Å². The summed E-state index contributed by atoms with van der Waals surface area (Å²) in [5.74, 6) is -1.13. The quantitative estimate of drug-likeness (QED) is 0.395. The van der Waals surface area contributed by atoms with Gasteiger partial charge in [-0.25, -0.2) is 23.7 Å². The van der Waals surface area contributed by atoms with Crippen molar-refractivity contribution in [2.24, 2.45) is 0 Å². The minimum atomic E-state index is -4.80. The van der Waals surface area contributed by atoms with Crippen LogP contribution in [-0.2, 0) is 28.9 Å². The van der Waals surface area contributed by atoms with Crippen molar-refractivity contribution < 1.29 is 45.4 Å². The second-order valence-corrected chi connectivity index (χ2v) is 12.5. The maximum absolute atomic E-state index is 13.9. The van der Waals surface area contributed by atoms with Crippen molar-refractivity contribution in [3.8, 4) is 16.3 Å². The van der Waals surface area contributed by atoms with Gasteiger partial charge in [0.1, 0.15) is 10.8 Å². The van der Waals surface area contributed by atoms with E-state index in [1.807, 2.05) is 0 Å². The number of carbonyl (C=O) groups is 1. The molecule has 5 rings (SSSR count). The molecule has 3 aromatic rings. The van der Waals surface area contributed by atoms with Gasteiger partial charge in [0.2, 0.25) is 0 Å². The molecule has 0 bridgehead atoms. The van der Waals surface area contributed by atoms with Gasteiger partial charge in [-0.3, -0.25) is 4.79 Å². The molecule has 9 nitrogen and oxygen atoms in total. The van der Waals surface area contributed by atoms with Crippen LogP contribution in [-0.4, -0.2) is 56.5 Å². The number of rotatable bonds is 7. The summed E-state index contributed by atoms with van der Waals surface area (Å²) in [5, 5.41) is 0.484. The van der Waals surface area contributed by atoms with Gasteiger partial charge >= 0.3 is 6.36 Å². The lowest BCUT2D eigenvalue weighted by Gasteiger charge is -2.35. The first-order valence-corrected chi connectivity index (χ1v) is 14.5. The molecule has 0 aliphatic carbocycles. The van der Waals surface area contributed by atoms with Crippen LogP contribution >= 0.6 is 11.3 Å². The number of hydrogen-bond acceptors (Lipinski definition) is 9. The standard InChI is InChI=1S/C25H25F3N2O7S2/c26-25(27,28)36-17-6-4-16(5-7-17)22-29-19-9-8-18(15-20(19)38-22)39(32,33)24(10-13-34-14-11-24)23(31)30-37-21-3-1-2-12-35-21/h4-9,15,21H,1-3,10-14H2,(H,30,31). The molecule has 39 heavy (non-hydrogen) atoms. The zero-order chi connectivity index (χ0) is 27.7. The third-order valence-corrected chi connectivity index (χ3v) is 10.2. The number of nitrogens with zero attached hydrogens (tertiary/aromatic N) is 1. The number of hydroxylamine groups is 1. The Morgan fingerprint density at radius 2 is 1.82 bits per heavy atom. The number of ether oxygens (including phenoxy) is 3. The SMILES string of the molecule is O=C(NOC1CCCCO1)C1(S(=O)(=O)c2ccc3nc(-c4ccc(OC(F)(F)F)cc4)sc3c2)CCOCC1. The van der Waals surface area contributed by atoms with Crippen LogP contribution in [0.25, 0.3) is 20.8 Å². The van der Waals surface area contributed by atoms with Crippen LogP contribution < -0.4 is 10.2 Å². The Balaban J connectivity index is 1.40. The van der Waals surface area contributed by atoms with E-state index in [0.717, 1.165) is 12.8 Å². The van der Waals surface area contributed by atoms with Crippen LogP contribution in [0.3, 0.4) is 0 Å². The van der Waals surface area contributed by atoms with E-state index in [4.69, 9.17) is 14.3 Å². The van der Waals surface area contributed by atoms with E-state index in [9.17, 15) is 26.4 Å². The van der Waals surface area contributed by atoms with Gasteiger partial charge in [0.05, 0.1) is 15.1 Å². The van der Waals surface area contributed by atoms with E-state index in [2.05, 4.69) is 15.2 Å². The van der Waals surface area contributed by atoms with Crippen LogP contribution in [0.15, 0.2) is 47.4 Å². The van der Waals surface area contributed by atoms with E-state index in [0.29, 0.717) is 33.8 Å². The van der Waals surface area contributed by atoms with Crippen molar-refractivity contribution in [2.75, 3.05) is 19.8 Å². The molecule has 2 aromatic carbocycles. The Morgan fingerprint density at radius 3 is 2.49 bits per heavy atom. The number of fused-ring (bicyclic) bond motifs is 1. The molecule has 0 spiro atoms. The highest BCUT2D eigenvalue weighted by atomic mass is 32.2. The predicted molar refractivity (Wildman–Crippen MR) is 135 cm³/mol. The van der Waals surface area contributed by atoms with Gasteiger partial charge in [-0.2, -0.15) is 0 Å². The number of nitrogens with one attached hydrogen (secondary N) is 1. The lowest BCUT2D eigenvalue weighted by atomic mass is 9.98. The first-order valence-electron chi connectivity index (χ1n) is 12.2. The molecule has 14 heteroatoms. The topological polar surface area (TPSA) is 113 Å². The van der Waals surface area contributed by atoms with E-state index in [1.54, 1.807) is 6.07 Å². The second kappa shape index (κ2) is 11.0. The molecule has 2 saturated heterocycles. The first kappa shape index (κ1) is 27.8. The smallest absolute Gasteiger partial charge is 0.406 e. The molecule has 2 aliphatic heterocycles. The highest BCUT2D eigenvalue weighted by Crippen LogP contribution is 2.38. The van der Waals surface area contributed by atoms with Gasteiger partial charge in [0.15, 0.2) is 20.9 Å². The van der Waals surface area contributed by atoms with E-state index >= 15 is 0 Å². The zero-order valence-corrected chi connectivity index (χ0v) is 22.2. The Morgan fingerprint density at radius 1 is 1.08 bits per heavy atom. The molecule has 2 aliphatic rings. The molecule has 3 heterocycles. The Bertz CT molecular complexity index is 1430. The Kier molecular flexibility index (Phi) is 7.84. The van der Waals surface area contributed by atoms with E-state index in [-0.39, 0.29) is 36.7 Å². The summed E-state index contributed by atoms with van der Waals surface area (Å²) in [4.78, 5) is 23.2. The molecule has 1 atom stereocenters. The van der Waals surface area contributed by atoms with Crippen molar-refractivity contribution in [3.63, 3.8) is 0 Å². The summed E-state index contributed by atoms with van der Waals surface area (Å²) in [5.41, 5.74) is 3.38. The highest BCUT2D eigenvalue weighted by molar-refractivity contribution is 7.93. The molecule has 1 aromatic heterocycles. The summed E-state index contributed by atoms with van der Waals surface area (Å²) in [7, 11) is -4.20. The van der Waals surface area contributed by atoms with Crippen LogP contribution in [0.4, 0.5) is 13.2 Å². The second-order valence-electron chi connectivity index (χ2n) is 9.18. The number of carbonyl (C=O) groups excluding carboxylic acids is 1. The molecule has 1 amide bonds. The van der Waals surface area contributed by atoms with E-state index in [1.165, 1.54) is 47.7 Å². The van der Waals surface area contributed by atoms with Gasteiger partial charge in [-0.05, 0) is 68.1 Å². The maximum Gasteiger partial charge on any atom is 0.573 e. The first-order chi connectivity index (χ1) is 18.6. The van der Waals surface area contributed by atoms with Gasteiger partial charge in [-0.15, -0.1) is 24.5 Å². The minimum absolute atomic E-state index is 0.0472. The molecule has 0 radical (unpaired) electrons. The monoisotopic (exact) mass is 586 g/mol.